The number of nitrogens with zero attached hydrogens (tertiary/aromatic N) is 4. The summed E-state index contributed by atoms with van der Waals surface area (Å²) in [6.07, 6.45) is 7.10. The normalized spacial score (nSPS) is 20.0. The van der Waals surface area contributed by atoms with Crippen molar-refractivity contribution in [1.82, 2.24) is 9.97 Å². The van der Waals surface area contributed by atoms with Gasteiger partial charge in [-0.2, -0.15) is 4.99 Å². The van der Waals surface area contributed by atoms with Crippen LogP contribution >= 0.6 is 11.8 Å². The standard InChI is InChI=1S/C17H17N5OS/c18-17-21-16(23)14(24-17)9-11-4-5-13-12(8-11)15(20-10-19-13)22-6-2-1-3-7-22/h4-5,8-10H,1-3,6-7H2,(H2,18,21,23)/b14-9+. The lowest BCUT2D eigenvalue weighted by Gasteiger charge is -2.28. The number of piperidine rings is 1. The van der Waals surface area contributed by atoms with Gasteiger partial charge < -0.3 is 10.6 Å². The van der Waals surface area contributed by atoms with Crippen molar-refractivity contribution in [3.05, 3.63) is 35.0 Å². The number of hydrogen-bond acceptors (Lipinski definition) is 6. The van der Waals surface area contributed by atoms with E-state index in [0.717, 1.165) is 35.4 Å². The fourth-order valence-electron chi connectivity index (χ4n) is 3.09. The van der Waals surface area contributed by atoms with Crippen LogP contribution in [0, 0.1) is 0 Å². The maximum Gasteiger partial charge on any atom is 0.286 e. The van der Waals surface area contributed by atoms with Gasteiger partial charge in [-0.25, -0.2) is 9.97 Å². The molecule has 0 aliphatic carbocycles. The summed E-state index contributed by atoms with van der Waals surface area (Å²) in [7, 11) is 0. The number of amidine groups is 1. The molecule has 2 N–H and O–H groups in total. The van der Waals surface area contributed by atoms with E-state index in [1.54, 1.807) is 6.33 Å². The highest BCUT2D eigenvalue weighted by molar-refractivity contribution is 8.18. The molecule has 122 valence electrons. The van der Waals surface area contributed by atoms with Gasteiger partial charge in [0.25, 0.3) is 5.91 Å². The summed E-state index contributed by atoms with van der Waals surface area (Å²) in [5.41, 5.74) is 7.44. The Labute approximate surface area is 143 Å². The first kappa shape index (κ1) is 15.1. The fourth-order valence-corrected chi connectivity index (χ4v) is 3.77. The molecule has 1 fully saturated rings. The van der Waals surface area contributed by atoms with Gasteiger partial charge in [0, 0.05) is 18.5 Å². The van der Waals surface area contributed by atoms with Crippen LogP contribution in [0.1, 0.15) is 24.8 Å². The van der Waals surface area contributed by atoms with Crippen molar-refractivity contribution in [3.63, 3.8) is 0 Å². The molecule has 1 saturated heterocycles. The Hall–Kier alpha value is -2.41. The molecule has 24 heavy (non-hydrogen) atoms. The van der Waals surface area contributed by atoms with Crippen molar-refractivity contribution in [1.29, 1.82) is 0 Å². The number of thioether (sulfide) groups is 1. The smallest absolute Gasteiger partial charge is 0.286 e. The largest absolute Gasteiger partial charge is 0.378 e. The SMILES string of the molecule is NC1=NC(=O)/C(=C\c2ccc3ncnc(N4CCCCC4)c3c2)S1. The lowest BCUT2D eigenvalue weighted by molar-refractivity contribution is -0.113. The van der Waals surface area contributed by atoms with Crippen molar-refractivity contribution in [2.45, 2.75) is 19.3 Å². The van der Waals surface area contributed by atoms with Gasteiger partial charge in [-0.3, -0.25) is 4.79 Å². The van der Waals surface area contributed by atoms with Crippen LogP contribution < -0.4 is 10.6 Å². The summed E-state index contributed by atoms with van der Waals surface area (Å²) < 4.78 is 0. The molecule has 0 bridgehead atoms. The number of hydrogen-bond donors (Lipinski definition) is 1. The highest BCUT2D eigenvalue weighted by atomic mass is 32.2. The van der Waals surface area contributed by atoms with Crippen LogP contribution in [-0.2, 0) is 4.79 Å². The summed E-state index contributed by atoms with van der Waals surface area (Å²) in [5, 5.41) is 1.31. The molecule has 1 aromatic heterocycles. The Bertz CT molecular complexity index is 870. The molecule has 1 aromatic carbocycles. The quantitative estimate of drug-likeness (QED) is 0.847. The van der Waals surface area contributed by atoms with Crippen molar-refractivity contribution >= 4 is 45.6 Å². The van der Waals surface area contributed by atoms with Crippen molar-refractivity contribution in [2.24, 2.45) is 10.7 Å². The molecular formula is C17H17N5OS. The molecule has 0 unspecified atom stereocenters. The van der Waals surface area contributed by atoms with E-state index in [9.17, 15) is 4.79 Å². The second-order valence-corrected chi connectivity index (χ2v) is 6.95. The van der Waals surface area contributed by atoms with Crippen LogP contribution in [0.2, 0.25) is 0 Å². The molecule has 0 radical (unpaired) electrons. The second kappa shape index (κ2) is 6.24. The average molecular weight is 339 g/mol. The Morgan fingerprint density at radius 3 is 2.75 bits per heavy atom. The number of anilines is 1. The van der Waals surface area contributed by atoms with E-state index < -0.39 is 0 Å². The number of aliphatic imine (C=N–C) groups is 1. The van der Waals surface area contributed by atoms with Crippen LogP contribution in [0.15, 0.2) is 34.4 Å². The van der Waals surface area contributed by atoms with Gasteiger partial charge in [0.15, 0.2) is 5.17 Å². The maximum atomic E-state index is 11.8. The highest BCUT2D eigenvalue weighted by Crippen LogP contribution is 2.30. The summed E-state index contributed by atoms with van der Waals surface area (Å²) >= 11 is 1.20. The number of carbonyl (C=O) groups excluding carboxylic acids is 1. The lowest BCUT2D eigenvalue weighted by atomic mass is 10.1. The van der Waals surface area contributed by atoms with Gasteiger partial charge in [0.2, 0.25) is 0 Å². The first-order valence-electron chi connectivity index (χ1n) is 7.98. The van der Waals surface area contributed by atoms with Gasteiger partial charge in [0.1, 0.15) is 12.1 Å². The first-order chi connectivity index (χ1) is 11.7. The third-order valence-corrected chi connectivity index (χ3v) is 5.04. The first-order valence-corrected chi connectivity index (χ1v) is 8.80. The molecule has 1 amide bonds. The topological polar surface area (TPSA) is 84.5 Å². The van der Waals surface area contributed by atoms with E-state index in [2.05, 4.69) is 19.9 Å². The Balaban J connectivity index is 1.74. The zero-order chi connectivity index (χ0) is 16.5. The third-order valence-electron chi connectivity index (χ3n) is 4.23. The van der Waals surface area contributed by atoms with Crippen molar-refractivity contribution < 1.29 is 4.79 Å². The number of carbonyl (C=O) groups is 1. The minimum Gasteiger partial charge on any atom is -0.378 e. The van der Waals surface area contributed by atoms with Gasteiger partial charge in [0.05, 0.1) is 10.4 Å². The van der Waals surface area contributed by atoms with Gasteiger partial charge in [-0.05, 0) is 54.8 Å². The Morgan fingerprint density at radius 2 is 2.00 bits per heavy atom. The van der Waals surface area contributed by atoms with Gasteiger partial charge in [-0.15, -0.1) is 0 Å². The lowest BCUT2D eigenvalue weighted by Crippen LogP contribution is -2.30. The molecule has 0 atom stereocenters. The Kier molecular flexibility index (Phi) is 3.93. The monoisotopic (exact) mass is 339 g/mol. The minimum absolute atomic E-state index is 0.279. The molecule has 3 heterocycles. The number of fused-ring (bicyclic) bond motifs is 1. The van der Waals surface area contributed by atoms with E-state index in [4.69, 9.17) is 5.73 Å². The van der Waals surface area contributed by atoms with Crippen molar-refractivity contribution in [3.8, 4) is 0 Å². The molecule has 2 aliphatic heterocycles. The molecule has 2 aromatic rings. The zero-order valence-corrected chi connectivity index (χ0v) is 13.9. The molecule has 7 heteroatoms. The van der Waals surface area contributed by atoms with Crippen LogP contribution in [0.4, 0.5) is 5.82 Å². The summed E-state index contributed by atoms with van der Waals surface area (Å²) in [6, 6.07) is 5.95. The van der Waals surface area contributed by atoms with Crippen molar-refractivity contribution in [2.75, 3.05) is 18.0 Å². The van der Waals surface area contributed by atoms with Crippen LogP contribution in [-0.4, -0.2) is 34.1 Å². The molecule has 0 spiro atoms. The van der Waals surface area contributed by atoms with E-state index in [1.165, 1.54) is 31.0 Å². The van der Waals surface area contributed by atoms with E-state index >= 15 is 0 Å². The van der Waals surface area contributed by atoms with E-state index in [-0.39, 0.29) is 5.91 Å². The average Bonchev–Trinajstić information content (AvgIpc) is 2.92. The summed E-state index contributed by atoms with van der Waals surface area (Å²) in [4.78, 5) is 27.3. The summed E-state index contributed by atoms with van der Waals surface area (Å²) in [5.74, 6) is 0.694. The molecule has 0 saturated carbocycles. The predicted molar refractivity (Wildman–Crippen MR) is 97.8 cm³/mol. The number of nitrogens with two attached hydrogens (primary N) is 1. The molecule has 4 rings (SSSR count). The van der Waals surface area contributed by atoms with Gasteiger partial charge >= 0.3 is 0 Å². The van der Waals surface area contributed by atoms with E-state index in [1.807, 2.05) is 24.3 Å². The molecule has 6 nitrogen and oxygen atoms in total. The number of amides is 1. The third kappa shape index (κ3) is 2.87. The fraction of sp³-hybridized carbons (Fsp3) is 0.294. The molecule has 2 aliphatic rings. The predicted octanol–water partition coefficient (Wildman–Crippen LogP) is 2.55. The van der Waals surface area contributed by atoms with Crippen LogP contribution in [0.3, 0.4) is 0 Å². The maximum absolute atomic E-state index is 11.8. The zero-order valence-electron chi connectivity index (χ0n) is 13.1. The highest BCUT2D eigenvalue weighted by Gasteiger charge is 2.20. The van der Waals surface area contributed by atoms with Gasteiger partial charge in [-0.1, -0.05) is 6.07 Å². The number of aromatic nitrogens is 2. The second-order valence-electron chi connectivity index (χ2n) is 5.89. The number of benzene rings is 1. The Morgan fingerprint density at radius 1 is 1.17 bits per heavy atom. The minimum atomic E-state index is -0.279. The molecular weight excluding hydrogens is 322 g/mol. The van der Waals surface area contributed by atoms with Crippen LogP contribution in [0.5, 0.6) is 0 Å². The summed E-state index contributed by atoms with van der Waals surface area (Å²) in [6.45, 7) is 2.05. The number of rotatable bonds is 2. The van der Waals surface area contributed by atoms with E-state index in [0.29, 0.717) is 10.1 Å². The van der Waals surface area contributed by atoms with Crippen LogP contribution in [0.25, 0.3) is 17.0 Å².